The lowest BCUT2D eigenvalue weighted by atomic mass is 9.99. The van der Waals surface area contributed by atoms with Crippen LogP contribution in [-0.2, 0) is 9.59 Å². The summed E-state index contributed by atoms with van der Waals surface area (Å²) in [6.45, 7) is 9.65. The van der Waals surface area contributed by atoms with Crippen LogP contribution in [0.15, 0.2) is 89.7 Å². The zero-order chi connectivity index (χ0) is 26.2. The Morgan fingerprint density at radius 2 is 1.69 bits per heavy atom. The number of allylic oxidation sites excluding steroid dienone is 6. The Balaban J connectivity index is 2.55. The highest BCUT2D eigenvalue weighted by atomic mass is 35.5. The van der Waals surface area contributed by atoms with Crippen LogP contribution < -0.4 is 10.6 Å². The van der Waals surface area contributed by atoms with Gasteiger partial charge in [0.15, 0.2) is 0 Å². The lowest BCUT2D eigenvalue weighted by Crippen LogP contribution is -2.48. The Hall–Kier alpha value is -2.89. The second kappa shape index (κ2) is 16.7. The molecule has 3 atom stereocenters. The van der Waals surface area contributed by atoms with E-state index in [2.05, 4.69) is 35.8 Å². The number of aliphatic hydroxyl groups is 1. The van der Waals surface area contributed by atoms with E-state index >= 15 is 0 Å². The molecule has 0 aliphatic rings. The first kappa shape index (κ1) is 30.1. The first-order valence-electron chi connectivity index (χ1n) is 11.9. The Labute approximate surface area is 215 Å². The average Bonchev–Trinajstić information content (AvgIpc) is 2.81. The topological polar surface area (TPSA) is 78.4 Å². The smallest absolute Gasteiger partial charge is 0.246 e. The van der Waals surface area contributed by atoms with Crippen LogP contribution in [0.2, 0.25) is 0 Å². The molecular formula is C29H39ClN2O3. The second-order valence-corrected chi connectivity index (χ2v) is 9.48. The third-order valence-corrected chi connectivity index (χ3v) is 5.38. The standard InChI is InChI=1S/C29H39ClN2O3/c1-21(2)28(29(35)31-19-11-15-26(33)18-17-24(5)30)32-27(34)16-10-9-12-22(3)20-23(4)25-13-7-6-8-14-25/h6-14,16-17,19-21,23,26,28,33H,15,18H2,1-5H3,(H,31,35)(H,32,34)/b12-9-,16-10-,19-11-,22-20+,24-17+/t23-,26+,28-/m0/s1. The molecule has 0 aromatic heterocycles. The Morgan fingerprint density at radius 3 is 2.31 bits per heavy atom. The van der Waals surface area contributed by atoms with E-state index in [1.165, 1.54) is 17.8 Å². The Morgan fingerprint density at radius 1 is 1.03 bits per heavy atom. The average molecular weight is 499 g/mol. The van der Waals surface area contributed by atoms with Crippen molar-refractivity contribution < 1.29 is 14.7 Å². The van der Waals surface area contributed by atoms with Crippen LogP contribution in [0, 0.1) is 5.92 Å². The van der Waals surface area contributed by atoms with Gasteiger partial charge in [-0.15, -0.1) is 0 Å². The molecule has 0 aliphatic carbocycles. The summed E-state index contributed by atoms with van der Waals surface area (Å²) in [5, 5.41) is 15.9. The van der Waals surface area contributed by atoms with Gasteiger partial charge in [-0.25, -0.2) is 0 Å². The molecule has 0 heterocycles. The fourth-order valence-corrected chi connectivity index (χ4v) is 3.33. The quantitative estimate of drug-likeness (QED) is 0.234. The number of halogens is 1. The molecule has 3 N–H and O–H groups in total. The molecule has 0 aliphatic heterocycles. The predicted molar refractivity (Wildman–Crippen MR) is 146 cm³/mol. The maximum atomic E-state index is 12.5. The summed E-state index contributed by atoms with van der Waals surface area (Å²) in [6, 6.07) is 9.58. The van der Waals surface area contributed by atoms with Crippen LogP contribution in [0.25, 0.3) is 0 Å². The summed E-state index contributed by atoms with van der Waals surface area (Å²) in [5.41, 5.74) is 2.34. The van der Waals surface area contributed by atoms with Gasteiger partial charge in [-0.3, -0.25) is 9.59 Å². The van der Waals surface area contributed by atoms with Crippen molar-refractivity contribution in [2.45, 2.75) is 65.5 Å². The molecule has 1 aromatic carbocycles. The van der Waals surface area contributed by atoms with Crippen molar-refractivity contribution in [3.05, 3.63) is 95.2 Å². The van der Waals surface area contributed by atoms with E-state index in [9.17, 15) is 14.7 Å². The molecule has 6 heteroatoms. The molecule has 2 amide bonds. The van der Waals surface area contributed by atoms with E-state index in [1.54, 1.807) is 25.2 Å². The highest BCUT2D eigenvalue weighted by Gasteiger charge is 2.22. The van der Waals surface area contributed by atoms with Crippen LogP contribution in [0.1, 0.15) is 58.9 Å². The fraction of sp³-hybridized carbons (Fsp3) is 0.379. The molecule has 0 bridgehead atoms. The molecule has 0 saturated carbocycles. The number of hydrogen-bond acceptors (Lipinski definition) is 3. The Bertz CT molecular complexity index is 942. The van der Waals surface area contributed by atoms with E-state index in [4.69, 9.17) is 11.6 Å². The van der Waals surface area contributed by atoms with Crippen molar-refractivity contribution in [2.24, 2.45) is 5.92 Å². The lowest BCUT2D eigenvalue weighted by Gasteiger charge is -2.20. The van der Waals surface area contributed by atoms with Crippen molar-refractivity contribution in [1.82, 2.24) is 10.6 Å². The predicted octanol–water partition coefficient (Wildman–Crippen LogP) is 5.90. The fourth-order valence-electron chi connectivity index (χ4n) is 3.24. The monoisotopic (exact) mass is 498 g/mol. The Kier molecular flexibility index (Phi) is 14.4. The highest BCUT2D eigenvalue weighted by Crippen LogP contribution is 2.18. The summed E-state index contributed by atoms with van der Waals surface area (Å²) in [6.07, 6.45) is 14.2. The number of rotatable bonds is 13. The SMILES string of the molecule is C/C(Cl)=C\C[C@H](O)C/C=C\NC(=O)[C@@H](NC(=O)\C=C/C=C\C(C)=C\[C@H](C)c1ccccc1)C(C)C. The van der Waals surface area contributed by atoms with Crippen LogP contribution >= 0.6 is 11.6 Å². The molecule has 0 radical (unpaired) electrons. The van der Waals surface area contributed by atoms with Gasteiger partial charge in [-0.2, -0.15) is 0 Å². The van der Waals surface area contributed by atoms with Crippen molar-refractivity contribution in [2.75, 3.05) is 0 Å². The molecule has 0 fully saturated rings. The first-order valence-corrected chi connectivity index (χ1v) is 12.3. The van der Waals surface area contributed by atoms with Gasteiger partial charge >= 0.3 is 0 Å². The molecule has 5 nitrogen and oxygen atoms in total. The van der Waals surface area contributed by atoms with E-state index in [0.717, 1.165) is 5.57 Å². The van der Waals surface area contributed by atoms with E-state index in [1.807, 2.05) is 51.1 Å². The summed E-state index contributed by atoms with van der Waals surface area (Å²) < 4.78 is 0. The van der Waals surface area contributed by atoms with Gasteiger partial charge in [-0.1, -0.05) is 105 Å². The number of benzene rings is 1. The zero-order valence-electron chi connectivity index (χ0n) is 21.4. The molecule has 0 unspecified atom stereocenters. The summed E-state index contributed by atoms with van der Waals surface area (Å²) in [7, 11) is 0. The molecule has 1 aromatic rings. The van der Waals surface area contributed by atoms with Crippen molar-refractivity contribution in [3.8, 4) is 0 Å². The summed E-state index contributed by atoms with van der Waals surface area (Å²) in [4.78, 5) is 24.8. The van der Waals surface area contributed by atoms with E-state index in [-0.39, 0.29) is 17.7 Å². The second-order valence-electron chi connectivity index (χ2n) is 8.89. The van der Waals surface area contributed by atoms with Crippen LogP contribution in [-0.4, -0.2) is 29.1 Å². The van der Waals surface area contributed by atoms with Gasteiger partial charge in [-0.05, 0) is 50.3 Å². The minimum atomic E-state index is -0.680. The van der Waals surface area contributed by atoms with Crippen LogP contribution in [0.3, 0.4) is 0 Å². The molecule has 0 spiro atoms. The lowest BCUT2D eigenvalue weighted by molar-refractivity contribution is -0.127. The minimum Gasteiger partial charge on any atom is -0.392 e. The summed E-state index contributed by atoms with van der Waals surface area (Å²) >= 11 is 5.75. The zero-order valence-corrected chi connectivity index (χ0v) is 22.1. The van der Waals surface area contributed by atoms with Gasteiger partial charge < -0.3 is 15.7 Å². The molecule has 0 saturated heterocycles. The van der Waals surface area contributed by atoms with Gasteiger partial charge in [0.25, 0.3) is 0 Å². The number of amides is 2. The number of nitrogens with one attached hydrogen (secondary N) is 2. The van der Waals surface area contributed by atoms with Crippen LogP contribution in [0.5, 0.6) is 0 Å². The number of hydrogen-bond donors (Lipinski definition) is 3. The number of carbonyl (C=O) groups is 2. The van der Waals surface area contributed by atoms with Gasteiger partial charge in [0.1, 0.15) is 6.04 Å². The molecule has 1 rings (SSSR count). The largest absolute Gasteiger partial charge is 0.392 e. The van der Waals surface area contributed by atoms with Crippen molar-refractivity contribution in [3.63, 3.8) is 0 Å². The molecular weight excluding hydrogens is 460 g/mol. The van der Waals surface area contributed by atoms with E-state index in [0.29, 0.717) is 23.8 Å². The molecule has 35 heavy (non-hydrogen) atoms. The number of carbonyl (C=O) groups excluding carboxylic acids is 2. The number of aliphatic hydroxyl groups excluding tert-OH is 1. The minimum absolute atomic E-state index is 0.0941. The first-order chi connectivity index (χ1) is 16.6. The maximum Gasteiger partial charge on any atom is 0.246 e. The maximum absolute atomic E-state index is 12.5. The third-order valence-electron chi connectivity index (χ3n) is 5.23. The molecule has 190 valence electrons. The highest BCUT2D eigenvalue weighted by molar-refractivity contribution is 6.29. The summed E-state index contributed by atoms with van der Waals surface area (Å²) in [5.74, 6) is -0.454. The van der Waals surface area contributed by atoms with Gasteiger partial charge in [0.05, 0.1) is 6.10 Å². The van der Waals surface area contributed by atoms with Gasteiger partial charge in [0.2, 0.25) is 11.8 Å². The van der Waals surface area contributed by atoms with Gasteiger partial charge in [0, 0.05) is 11.1 Å². The van der Waals surface area contributed by atoms with Crippen molar-refractivity contribution >= 4 is 23.4 Å². The van der Waals surface area contributed by atoms with E-state index < -0.39 is 12.1 Å². The van der Waals surface area contributed by atoms with Crippen LogP contribution in [0.4, 0.5) is 0 Å². The third kappa shape index (κ3) is 13.5. The normalized spacial score (nSPS) is 15.7. The van der Waals surface area contributed by atoms with Crippen molar-refractivity contribution in [1.29, 1.82) is 0 Å².